The van der Waals surface area contributed by atoms with E-state index < -0.39 is 0 Å². The van der Waals surface area contributed by atoms with Crippen LogP contribution in [-0.2, 0) is 0 Å². The van der Waals surface area contributed by atoms with Crippen molar-refractivity contribution < 1.29 is 9.47 Å². The Bertz CT molecular complexity index is 972. The minimum atomic E-state index is 0.472. The van der Waals surface area contributed by atoms with Crippen molar-refractivity contribution in [3.05, 3.63) is 65.1 Å². The maximum Gasteiger partial charge on any atom is 0.136 e. The van der Waals surface area contributed by atoms with Gasteiger partial charge in [-0.15, -0.1) is 11.3 Å². The minimum Gasteiger partial charge on any atom is -0.497 e. The van der Waals surface area contributed by atoms with Crippen LogP contribution in [0.2, 0.25) is 0 Å². The van der Waals surface area contributed by atoms with Crippen molar-refractivity contribution in [3.63, 3.8) is 0 Å². The Hall–Kier alpha value is -3.30. The van der Waals surface area contributed by atoms with Crippen molar-refractivity contribution in [2.24, 2.45) is 0 Å². The fourth-order valence-corrected chi connectivity index (χ4v) is 3.22. The molecule has 0 unspecified atom stereocenters. The zero-order valence-corrected chi connectivity index (χ0v) is 15.9. The predicted octanol–water partition coefficient (Wildman–Crippen LogP) is 5.19. The molecular formula is C21H19N3O2S. The van der Waals surface area contributed by atoms with Crippen molar-refractivity contribution in [2.45, 2.75) is 6.92 Å². The van der Waals surface area contributed by atoms with Gasteiger partial charge in [-0.2, -0.15) is 5.26 Å². The normalized spacial score (nSPS) is 10.9. The standard InChI is InChI=1S/C21H19N3O2S/c1-3-26-18-9-7-15(8-10-18)20-14-27-21(24-20)16(12-22)13-23-17-5-4-6-19(11-17)25-2/h4-11,13-14,23H,3H2,1-2H3/b16-13-. The first-order chi connectivity index (χ1) is 13.2. The Balaban J connectivity index is 1.77. The molecule has 6 heteroatoms. The van der Waals surface area contributed by atoms with Crippen molar-refractivity contribution in [1.82, 2.24) is 4.98 Å². The van der Waals surface area contributed by atoms with E-state index in [1.165, 1.54) is 11.3 Å². The van der Waals surface area contributed by atoms with Crippen LogP contribution in [0.3, 0.4) is 0 Å². The number of benzene rings is 2. The highest BCUT2D eigenvalue weighted by molar-refractivity contribution is 7.11. The average Bonchev–Trinajstić information content (AvgIpc) is 3.19. The van der Waals surface area contributed by atoms with Gasteiger partial charge in [0.2, 0.25) is 0 Å². The summed E-state index contributed by atoms with van der Waals surface area (Å²) in [7, 11) is 1.62. The molecule has 3 aromatic rings. The van der Waals surface area contributed by atoms with E-state index in [-0.39, 0.29) is 0 Å². The van der Waals surface area contributed by atoms with Crippen LogP contribution < -0.4 is 14.8 Å². The molecule has 3 rings (SSSR count). The Labute approximate surface area is 162 Å². The molecule has 5 nitrogen and oxygen atoms in total. The first-order valence-corrected chi connectivity index (χ1v) is 9.31. The summed E-state index contributed by atoms with van der Waals surface area (Å²) in [5.74, 6) is 1.58. The van der Waals surface area contributed by atoms with Crippen LogP contribution in [0.4, 0.5) is 5.69 Å². The molecule has 136 valence electrons. The highest BCUT2D eigenvalue weighted by Crippen LogP contribution is 2.27. The molecule has 0 spiro atoms. The number of allylic oxidation sites excluding steroid dienone is 1. The Morgan fingerprint density at radius 3 is 2.74 bits per heavy atom. The topological polar surface area (TPSA) is 67.2 Å². The summed E-state index contributed by atoms with van der Waals surface area (Å²) in [6.07, 6.45) is 1.66. The number of nitrogens with one attached hydrogen (secondary N) is 1. The van der Waals surface area contributed by atoms with Crippen molar-refractivity contribution in [3.8, 4) is 28.8 Å². The summed E-state index contributed by atoms with van der Waals surface area (Å²) in [6, 6.07) is 17.5. The lowest BCUT2D eigenvalue weighted by Crippen LogP contribution is -1.92. The third kappa shape index (κ3) is 4.66. The maximum absolute atomic E-state index is 9.50. The van der Waals surface area contributed by atoms with Gasteiger partial charge in [-0.1, -0.05) is 6.07 Å². The molecule has 2 aromatic carbocycles. The lowest BCUT2D eigenvalue weighted by Gasteiger charge is -2.04. The van der Waals surface area contributed by atoms with E-state index in [0.29, 0.717) is 17.2 Å². The fraction of sp³-hybridized carbons (Fsp3) is 0.143. The molecular weight excluding hydrogens is 358 g/mol. The van der Waals surface area contributed by atoms with Gasteiger partial charge in [-0.05, 0) is 43.3 Å². The molecule has 27 heavy (non-hydrogen) atoms. The number of nitriles is 1. The number of anilines is 1. The number of rotatable bonds is 7. The fourth-order valence-electron chi connectivity index (χ4n) is 2.43. The van der Waals surface area contributed by atoms with Gasteiger partial charge < -0.3 is 14.8 Å². The molecule has 0 radical (unpaired) electrons. The van der Waals surface area contributed by atoms with Crippen molar-refractivity contribution >= 4 is 22.6 Å². The molecule has 0 atom stereocenters. The van der Waals surface area contributed by atoms with E-state index in [9.17, 15) is 5.26 Å². The summed E-state index contributed by atoms with van der Waals surface area (Å²) in [6.45, 7) is 2.59. The van der Waals surface area contributed by atoms with Gasteiger partial charge in [0.1, 0.15) is 28.1 Å². The average molecular weight is 377 g/mol. The molecule has 0 saturated carbocycles. The minimum absolute atomic E-state index is 0.472. The number of methoxy groups -OCH3 is 1. The highest BCUT2D eigenvalue weighted by Gasteiger charge is 2.09. The number of ether oxygens (including phenoxy) is 2. The molecule has 0 fully saturated rings. The van der Waals surface area contributed by atoms with Gasteiger partial charge in [0.15, 0.2) is 0 Å². The second-order valence-electron chi connectivity index (χ2n) is 5.54. The van der Waals surface area contributed by atoms with E-state index in [0.717, 1.165) is 28.4 Å². The highest BCUT2D eigenvalue weighted by atomic mass is 32.1. The molecule has 0 bridgehead atoms. The van der Waals surface area contributed by atoms with Crippen LogP contribution >= 0.6 is 11.3 Å². The summed E-state index contributed by atoms with van der Waals surface area (Å²) in [4.78, 5) is 4.60. The monoisotopic (exact) mass is 377 g/mol. The molecule has 0 aliphatic rings. The molecule has 0 aliphatic heterocycles. The second kappa shape index (κ2) is 8.88. The van der Waals surface area contributed by atoms with E-state index in [1.807, 2.05) is 60.8 Å². The Kier molecular flexibility index (Phi) is 6.08. The van der Waals surface area contributed by atoms with Gasteiger partial charge in [-0.25, -0.2) is 4.98 Å². The van der Waals surface area contributed by atoms with E-state index >= 15 is 0 Å². The Morgan fingerprint density at radius 2 is 2.04 bits per heavy atom. The third-order valence-electron chi connectivity index (χ3n) is 3.77. The quantitative estimate of drug-likeness (QED) is 0.574. The summed E-state index contributed by atoms with van der Waals surface area (Å²) in [5.41, 5.74) is 3.13. The SMILES string of the molecule is CCOc1ccc(-c2csc(/C(C#N)=C\Nc3cccc(OC)c3)n2)cc1. The third-order valence-corrected chi connectivity index (χ3v) is 4.64. The Morgan fingerprint density at radius 1 is 1.22 bits per heavy atom. The van der Waals surface area contributed by atoms with Gasteiger partial charge in [0, 0.05) is 28.9 Å². The van der Waals surface area contributed by atoms with Crippen LogP contribution in [0.25, 0.3) is 16.8 Å². The first kappa shape index (κ1) is 18.5. The van der Waals surface area contributed by atoms with E-state index in [1.54, 1.807) is 13.3 Å². The van der Waals surface area contributed by atoms with Crippen molar-refractivity contribution in [2.75, 3.05) is 19.0 Å². The first-order valence-electron chi connectivity index (χ1n) is 8.43. The molecule has 1 heterocycles. The number of hydrogen-bond donors (Lipinski definition) is 1. The van der Waals surface area contributed by atoms with Crippen LogP contribution in [-0.4, -0.2) is 18.7 Å². The van der Waals surface area contributed by atoms with Crippen molar-refractivity contribution in [1.29, 1.82) is 5.26 Å². The number of hydrogen-bond acceptors (Lipinski definition) is 6. The van der Waals surface area contributed by atoms with Gasteiger partial charge in [0.05, 0.1) is 19.4 Å². The predicted molar refractivity (Wildman–Crippen MR) is 109 cm³/mol. The van der Waals surface area contributed by atoms with E-state index in [2.05, 4.69) is 16.4 Å². The van der Waals surface area contributed by atoms with Crippen LogP contribution in [0.1, 0.15) is 11.9 Å². The van der Waals surface area contributed by atoms with E-state index in [4.69, 9.17) is 9.47 Å². The molecule has 0 amide bonds. The number of nitrogens with zero attached hydrogens (tertiary/aromatic N) is 2. The smallest absolute Gasteiger partial charge is 0.136 e. The zero-order valence-electron chi connectivity index (χ0n) is 15.1. The van der Waals surface area contributed by atoms with Gasteiger partial charge >= 0.3 is 0 Å². The maximum atomic E-state index is 9.50. The van der Waals surface area contributed by atoms with Gasteiger partial charge in [-0.3, -0.25) is 0 Å². The lowest BCUT2D eigenvalue weighted by molar-refractivity contribution is 0.340. The molecule has 0 aliphatic carbocycles. The van der Waals surface area contributed by atoms with Crippen LogP contribution in [0.5, 0.6) is 11.5 Å². The van der Waals surface area contributed by atoms with Gasteiger partial charge in [0.25, 0.3) is 0 Å². The molecule has 1 N–H and O–H groups in total. The number of thiazole rings is 1. The second-order valence-corrected chi connectivity index (χ2v) is 6.40. The summed E-state index contributed by atoms with van der Waals surface area (Å²) >= 11 is 1.44. The van der Waals surface area contributed by atoms with Crippen LogP contribution in [0.15, 0.2) is 60.1 Å². The lowest BCUT2D eigenvalue weighted by atomic mass is 10.2. The summed E-state index contributed by atoms with van der Waals surface area (Å²) in [5, 5.41) is 15.2. The van der Waals surface area contributed by atoms with Crippen LogP contribution in [0, 0.1) is 11.3 Å². The zero-order chi connectivity index (χ0) is 19.1. The summed E-state index contributed by atoms with van der Waals surface area (Å²) < 4.78 is 10.7. The number of aromatic nitrogens is 1. The molecule has 1 aromatic heterocycles. The largest absolute Gasteiger partial charge is 0.497 e. The molecule has 0 saturated heterocycles.